The van der Waals surface area contributed by atoms with E-state index in [9.17, 15) is 14.5 Å². The molecule has 0 aliphatic rings. The predicted octanol–water partition coefficient (Wildman–Crippen LogP) is 1.85. The maximum absolute atomic E-state index is 13.6. The Morgan fingerprint density at radius 2 is 2.33 bits per heavy atom. The van der Waals surface area contributed by atoms with E-state index in [4.69, 9.17) is 5.26 Å². The van der Waals surface area contributed by atoms with Crippen molar-refractivity contribution in [3.05, 3.63) is 57.7 Å². The molecule has 1 heterocycles. The summed E-state index contributed by atoms with van der Waals surface area (Å²) >= 11 is 0. The first-order chi connectivity index (χ1) is 8.60. The van der Waals surface area contributed by atoms with Gasteiger partial charge < -0.3 is 0 Å². The van der Waals surface area contributed by atoms with Crippen molar-refractivity contribution in [2.75, 3.05) is 0 Å². The molecule has 7 heteroatoms. The molecular formula is C11H7FN4O2. The van der Waals surface area contributed by atoms with Crippen LogP contribution in [0.2, 0.25) is 0 Å². The molecule has 6 nitrogen and oxygen atoms in total. The molecule has 18 heavy (non-hydrogen) atoms. The third-order valence-electron chi connectivity index (χ3n) is 2.34. The third-order valence-corrected chi connectivity index (χ3v) is 2.34. The molecule has 0 bridgehead atoms. The van der Waals surface area contributed by atoms with Gasteiger partial charge in [-0.1, -0.05) is 6.07 Å². The van der Waals surface area contributed by atoms with Crippen LogP contribution in [0.3, 0.4) is 0 Å². The smallest absolute Gasteiger partial charge is 0.261 e. The molecule has 0 atom stereocenters. The lowest BCUT2D eigenvalue weighted by atomic mass is 10.1. The summed E-state index contributed by atoms with van der Waals surface area (Å²) in [6.07, 6.45) is 2.32. The molecule has 0 aliphatic carbocycles. The van der Waals surface area contributed by atoms with Gasteiger partial charge in [-0.15, -0.1) is 0 Å². The van der Waals surface area contributed by atoms with E-state index in [1.807, 2.05) is 6.07 Å². The molecule has 2 rings (SSSR count). The Labute approximate surface area is 101 Å². The molecule has 0 saturated carbocycles. The number of hydrogen-bond acceptors (Lipinski definition) is 4. The second-order valence-electron chi connectivity index (χ2n) is 3.57. The topological polar surface area (TPSA) is 84.8 Å². The van der Waals surface area contributed by atoms with Crippen LogP contribution < -0.4 is 0 Å². The first-order valence-electron chi connectivity index (χ1n) is 4.95. The third kappa shape index (κ3) is 2.32. The summed E-state index contributed by atoms with van der Waals surface area (Å²) in [6, 6.07) is 5.89. The van der Waals surface area contributed by atoms with Crippen LogP contribution >= 0.6 is 0 Å². The van der Waals surface area contributed by atoms with Crippen molar-refractivity contribution in [3.8, 4) is 6.07 Å². The molecule has 1 aromatic carbocycles. The summed E-state index contributed by atoms with van der Waals surface area (Å²) in [5, 5.41) is 22.8. The van der Waals surface area contributed by atoms with E-state index in [0.29, 0.717) is 5.56 Å². The molecule has 0 unspecified atom stereocenters. The SMILES string of the molecule is N#Cc1ccc(Cn2cc([N+](=O)[O-])cn2)c(F)c1. The van der Waals surface area contributed by atoms with Gasteiger partial charge >= 0.3 is 5.69 Å². The zero-order chi connectivity index (χ0) is 13.1. The lowest BCUT2D eigenvalue weighted by Gasteiger charge is -2.03. The van der Waals surface area contributed by atoms with Gasteiger partial charge in [-0.05, 0) is 12.1 Å². The minimum Gasteiger partial charge on any atom is -0.261 e. The van der Waals surface area contributed by atoms with E-state index in [0.717, 1.165) is 12.3 Å². The number of rotatable bonds is 3. The van der Waals surface area contributed by atoms with Gasteiger partial charge in [-0.3, -0.25) is 14.8 Å². The van der Waals surface area contributed by atoms with Gasteiger partial charge in [0.15, 0.2) is 0 Å². The molecule has 0 amide bonds. The molecule has 0 radical (unpaired) electrons. The quantitative estimate of drug-likeness (QED) is 0.611. The molecular weight excluding hydrogens is 239 g/mol. The van der Waals surface area contributed by atoms with Gasteiger partial charge in [-0.25, -0.2) is 4.39 Å². The predicted molar refractivity (Wildman–Crippen MR) is 59.1 cm³/mol. The standard InChI is InChI=1S/C11H7FN4O2/c12-11-3-8(4-13)1-2-9(11)6-15-7-10(5-14-15)16(17)18/h1-3,5,7H,6H2. The van der Waals surface area contributed by atoms with Crippen LogP contribution in [0.5, 0.6) is 0 Å². The second kappa shape index (κ2) is 4.63. The number of aromatic nitrogens is 2. The number of nitriles is 1. The molecule has 1 aromatic heterocycles. The van der Waals surface area contributed by atoms with Crippen LogP contribution in [0, 0.1) is 27.3 Å². The Balaban J connectivity index is 2.23. The first-order valence-corrected chi connectivity index (χ1v) is 4.95. The van der Waals surface area contributed by atoms with Crippen molar-refractivity contribution in [1.29, 1.82) is 5.26 Å². The highest BCUT2D eigenvalue weighted by Crippen LogP contribution is 2.13. The Bertz CT molecular complexity index is 645. The average Bonchev–Trinajstić information content (AvgIpc) is 2.80. The van der Waals surface area contributed by atoms with Crippen LogP contribution in [0.15, 0.2) is 30.6 Å². The van der Waals surface area contributed by atoms with E-state index in [1.165, 1.54) is 23.0 Å². The normalized spacial score (nSPS) is 10.0. The van der Waals surface area contributed by atoms with Gasteiger partial charge in [0.2, 0.25) is 0 Å². The van der Waals surface area contributed by atoms with Gasteiger partial charge in [0.05, 0.1) is 23.1 Å². The highest BCUT2D eigenvalue weighted by atomic mass is 19.1. The van der Waals surface area contributed by atoms with Crippen molar-refractivity contribution in [2.45, 2.75) is 6.54 Å². The maximum atomic E-state index is 13.6. The Morgan fingerprint density at radius 1 is 1.56 bits per heavy atom. The van der Waals surface area contributed by atoms with Crippen molar-refractivity contribution in [3.63, 3.8) is 0 Å². The van der Waals surface area contributed by atoms with Crippen molar-refractivity contribution in [1.82, 2.24) is 9.78 Å². The lowest BCUT2D eigenvalue weighted by Crippen LogP contribution is -2.02. The van der Waals surface area contributed by atoms with Gasteiger partial charge in [-0.2, -0.15) is 10.4 Å². The Hall–Kier alpha value is -2.75. The summed E-state index contributed by atoms with van der Waals surface area (Å²) in [7, 11) is 0. The molecule has 0 saturated heterocycles. The minimum absolute atomic E-state index is 0.0748. The van der Waals surface area contributed by atoms with E-state index in [-0.39, 0.29) is 17.8 Å². The molecule has 0 spiro atoms. The number of nitro groups is 1. The van der Waals surface area contributed by atoms with Crippen LogP contribution in [-0.2, 0) is 6.54 Å². The largest absolute Gasteiger partial charge is 0.307 e. The zero-order valence-corrected chi connectivity index (χ0v) is 9.08. The van der Waals surface area contributed by atoms with E-state index >= 15 is 0 Å². The second-order valence-corrected chi connectivity index (χ2v) is 3.57. The zero-order valence-electron chi connectivity index (χ0n) is 9.08. The highest BCUT2D eigenvalue weighted by molar-refractivity contribution is 5.33. The number of hydrogen-bond donors (Lipinski definition) is 0. The summed E-state index contributed by atoms with van der Waals surface area (Å²) in [6.45, 7) is 0.0748. The fraction of sp³-hybridized carbons (Fsp3) is 0.0909. The van der Waals surface area contributed by atoms with E-state index < -0.39 is 10.7 Å². The summed E-state index contributed by atoms with van der Waals surface area (Å²) in [5.74, 6) is -0.535. The monoisotopic (exact) mass is 246 g/mol. The average molecular weight is 246 g/mol. The number of benzene rings is 1. The van der Waals surface area contributed by atoms with Crippen LogP contribution in [0.4, 0.5) is 10.1 Å². The molecule has 0 N–H and O–H groups in total. The first kappa shape index (κ1) is 11.7. The molecule has 90 valence electrons. The fourth-order valence-electron chi connectivity index (χ4n) is 1.45. The van der Waals surface area contributed by atoms with E-state index in [2.05, 4.69) is 5.10 Å². The number of halogens is 1. The summed E-state index contributed by atoms with van der Waals surface area (Å²) in [4.78, 5) is 9.89. The minimum atomic E-state index is -0.571. The van der Waals surface area contributed by atoms with Gasteiger partial charge in [0, 0.05) is 5.56 Å². The molecule has 0 fully saturated rings. The molecule has 0 aliphatic heterocycles. The van der Waals surface area contributed by atoms with Crippen molar-refractivity contribution in [2.24, 2.45) is 0 Å². The van der Waals surface area contributed by atoms with Crippen LogP contribution in [0.1, 0.15) is 11.1 Å². The van der Waals surface area contributed by atoms with Gasteiger partial charge in [0.1, 0.15) is 18.2 Å². The lowest BCUT2D eigenvalue weighted by molar-refractivity contribution is -0.385. The van der Waals surface area contributed by atoms with Crippen LogP contribution in [-0.4, -0.2) is 14.7 Å². The highest BCUT2D eigenvalue weighted by Gasteiger charge is 2.10. The maximum Gasteiger partial charge on any atom is 0.307 e. The van der Waals surface area contributed by atoms with Crippen molar-refractivity contribution >= 4 is 5.69 Å². The van der Waals surface area contributed by atoms with Crippen molar-refractivity contribution < 1.29 is 9.31 Å². The van der Waals surface area contributed by atoms with Gasteiger partial charge in [0.25, 0.3) is 0 Å². The Kier molecular flexibility index (Phi) is 3.02. The fourth-order valence-corrected chi connectivity index (χ4v) is 1.45. The number of nitrogens with zero attached hydrogens (tertiary/aromatic N) is 4. The van der Waals surface area contributed by atoms with Crippen LogP contribution in [0.25, 0.3) is 0 Å². The Morgan fingerprint density at radius 3 is 2.89 bits per heavy atom. The van der Waals surface area contributed by atoms with E-state index in [1.54, 1.807) is 0 Å². The summed E-state index contributed by atoms with van der Waals surface area (Å²) in [5.41, 5.74) is 0.388. The molecule has 2 aromatic rings. The summed E-state index contributed by atoms with van der Waals surface area (Å²) < 4.78 is 14.8.